The lowest BCUT2D eigenvalue weighted by Crippen LogP contribution is -2.12. The van der Waals surface area contributed by atoms with Gasteiger partial charge in [-0.1, -0.05) is 30.6 Å². The number of aromatic hydroxyl groups is 1. The van der Waals surface area contributed by atoms with E-state index in [0.29, 0.717) is 0 Å². The Labute approximate surface area is 136 Å². The second-order valence-corrected chi connectivity index (χ2v) is 4.88. The minimum Gasteiger partial charge on any atom is -0.507 e. The molecule has 2 rings (SSSR count). The topological polar surface area (TPSA) is 92.5 Å². The maximum Gasteiger partial charge on any atom is 0.271 e. The number of hydrogen-bond acceptors (Lipinski definition) is 4. The van der Waals surface area contributed by atoms with Crippen LogP contribution in [0.1, 0.15) is 17.8 Å². The van der Waals surface area contributed by atoms with Gasteiger partial charge in [0.15, 0.2) is 0 Å². The Bertz CT molecular complexity index is 735. The Morgan fingerprint density at radius 2 is 1.86 bits per heavy atom. The first kappa shape index (κ1) is 17.7. The summed E-state index contributed by atoms with van der Waals surface area (Å²) >= 11 is 11.6. The summed E-state index contributed by atoms with van der Waals surface area (Å²) in [5.74, 6) is -0.874. The number of amides is 1. The molecule has 8 heteroatoms. The molecule has 22 heavy (non-hydrogen) atoms. The fourth-order valence-electron chi connectivity index (χ4n) is 1.60. The zero-order chi connectivity index (χ0) is 15.6. The van der Waals surface area contributed by atoms with Crippen molar-refractivity contribution in [1.82, 2.24) is 0 Å². The van der Waals surface area contributed by atoms with Gasteiger partial charge in [-0.15, -0.1) is 0 Å². The van der Waals surface area contributed by atoms with Crippen molar-refractivity contribution < 1.29 is 14.8 Å². The van der Waals surface area contributed by atoms with Crippen LogP contribution in [0.3, 0.4) is 0 Å². The van der Waals surface area contributed by atoms with Crippen LogP contribution in [0.4, 0.5) is 11.4 Å². The van der Waals surface area contributed by atoms with Gasteiger partial charge in [0.05, 0.1) is 21.2 Å². The summed E-state index contributed by atoms with van der Waals surface area (Å²) in [4.78, 5) is 22.0. The Morgan fingerprint density at radius 1 is 1.18 bits per heavy atom. The largest absolute Gasteiger partial charge is 0.507 e. The highest BCUT2D eigenvalue weighted by molar-refractivity contribution is 6.34. The number of benzene rings is 2. The van der Waals surface area contributed by atoms with Crippen molar-refractivity contribution in [3.8, 4) is 5.75 Å². The van der Waals surface area contributed by atoms with Crippen molar-refractivity contribution in [2.75, 3.05) is 5.32 Å². The van der Waals surface area contributed by atoms with Crippen LogP contribution >= 0.6 is 23.2 Å². The minimum atomic E-state index is -0.634. The number of carbonyl (C=O) groups excluding carboxylic acids is 1. The number of rotatable bonds is 3. The molecule has 0 aliphatic heterocycles. The van der Waals surface area contributed by atoms with Gasteiger partial charge in [0, 0.05) is 17.2 Å². The van der Waals surface area contributed by atoms with Crippen LogP contribution in [-0.4, -0.2) is 15.9 Å². The molecule has 0 aliphatic carbocycles. The Morgan fingerprint density at radius 3 is 2.45 bits per heavy atom. The number of nitro groups is 1. The van der Waals surface area contributed by atoms with Crippen molar-refractivity contribution in [2.24, 2.45) is 0 Å². The molecule has 0 saturated heterocycles. The molecule has 2 aromatic carbocycles. The van der Waals surface area contributed by atoms with Gasteiger partial charge in [-0.25, -0.2) is 0 Å². The van der Waals surface area contributed by atoms with Crippen molar-refractivity contribution in [3.63, 3.8) is 0 Å². The molecule has 2 aromatic rings. The third-order valence-electron chi connectivity index (χ3n) is 2.61. The van der Waals surface area contributed by atoms with Crippen molar-refractivity contribution in [1.29, 1.82) is 0 Å². The van der Waals surface area contributed by atoms with Crippen LogP contribution in [-0.2, 0) is 0 Å². The van der Waals surface area contributed by atoms with Gasteiger partial charge in [0.2, 0.25) is 0 Å². The second kappa shape index (κ2) is 7.11. The number of carbonyl (C=O) groups is 1. The van der Waals surface area contributed by atoms with Gasteiger partial charge < -0.3 is 10.4 Å². The monoisotopic (exact) mass is 342 g/mol. The van der Waals surface area contributed by atoms with E-state index in [4.69, 9.17) is 23.2 Å². The van der Waals surface area contributed by atoms with Crippen LogP contribution < -0.4 is 5.32 Å². The van der Waals surface area contributed by atoms with E-state index in [1.807, 2.05) is 0 Å². The SMILES string of the molecule is C.O=C(Nc1ccc([N+](=O)[O-])cc1Cl)c1cc(Cl)ccc1O. The third kappa shape index (κ3) is 3.87. The number of phenols is 1. The lowest BCUT2D eigenvalue weighted by molar-refractivity contribution is -0.384. The van der Waals surface area contributed by atoms with Crippen LogP contribution in [0.25, 0.3) is 0 Å². The molecule has 0 fully saturated rings. The zero-order valence-electron chi connectivity index (χ0n) is 10.3. The van der Waals surface area contributed by atoms with Gasteiger partial charge in [0.25, 0.3) is 11.6 Å². The fraction of sp³-hybridized carbons (Fsp3) is 0.0714. The van der Waals surface area contributed by atoms with Gasteiger partial charge in [-0.05, 0) is 24.3 Å². The number of phenolic OH excluding ortho intramolecular Hbond substituents is 1. The highest BCUT2D eigenvalue weighted by Crippen LogP contribution is 2.28. The maximum atomic E-state index is 12.0. The molecule has 1 amide bonds. The number of halogens is 2. The first-order valence-corrected chi connectivity index (χ1v) is 6.38. The predicted molar refractivity (Wildman–Crippen MR) is 85.9 cm³/mol. The average molecular weight is 343 g/mol. The molecule has 116 valence electrons. The Kier molecular flexibility index (Phi) is 5.73. The third-order valence-corrected chi connectivity index (χ3v) is 3.16. The number of nitro benzene ring substituents is 1. The summed E-state index contributed by atoms with van der Waals surface area (Å²) in [6.45, 7) is 0. The molecular weight excluding hydrogens is 331 g/mol. The van der Waals surface area contributed by atoms with Gasteiger partial charge in [-0.2, -0.15) is 0 Å². The summed E-state index contributed by atoms with van der Waals surface area (Å²) in [5.41, 5.74) is -0.0350. The van der Waals surface area contributed by atoms with Crippen molar-refractivity contribution >= 4 is 40.5 Å². The van der Waals surface area contributed by atoms with E-state index in [0.717, 1.165) is 6.07 Å². The van der Waals surface area contributed by atoms with Crippen molar-refractivity contribution in [2.45, 2.75) is 7.43 Å². The summed E-state index contributed by atoms with van der Waals surface area (Å²) in [7, 11) is 0. The van der Waals surface area contributed by atoms with E-state index < -0.39 is 10.8 Å². The molecule has 0 aliphatic rings. The Balaban J connectivity index is 0.00000242. The lowest BCUT2D eigenvalue weighted by atomic mass is 10.2. The van der Waals surface area contributed by atoms with Crippen molar-refractivity contribution in [3.05, 3.63) is 62.1 Å². The summed E-state index contributed by atoms with van der Waals surface area (Å²) in [5, 5.41) is 23.0. The molecule has 0 radical (unpaired) electrons. The normalized spacial score (nSPS) is 9.73. The number of nitrogens with zero attached hydrogens (tertiary/aromatic N) is 1. The maximum absolute atomic E-state index is 12.0. The van der Waals surface area contributed by atoms with E-state index in [-0.39, 0.29) is 40.2 Å². The lowest BCUT2D eigenvalue weighted by Gasteiger charge is -2.08. The Hall–Kier alpha value is -2.31. The second-order valence-electron chi connectivity index (χ2n) is 4.04. The number of hydrogen-bond donors (Lipinski definition) is 2. The molecule has 0 heterocycles. The standard InChI is InChI=1S/C13H8Cl2N2O4.CH4/c14-7-1-4-12(18)9(5-7)13(19)16-11-3-2-8(17(20)21)6-10(11)15;/h1-6,18H,(H,16,19);1H4. The first-order chi connectivity index (χ1) is 9.88. The summed E-state index contributed by atoms with van der Waals surface area (Å²) in [6, 6.07) is 7.65. The number of nitrogens with one attached hydrogen (secondary N) is 1. The number of non-ortho nitro benzene ring substituents is 1. The van der Waals surface area contributed by atoms with Crippen LogP contribution in [0, 0.1) is 10.1 Å². The van der Waals surface area contributed by atoms with E-state index in [9.17, 15) is 20.0 Å². The van der Waals surface area contributed by atoms with Crippen LogP contribution in [0.5, 0.6) is 5.75 Å². The van der Waals surface area contributed by atoms with Gasteiger partial charge in [0.1, 0.15) is 5.75 Å². The molecule has 6 nitrogen and oxygen atoms in total. The minimum absolute atomic E-state index is 0. The zero-order valence-corrected chi connectivity index (χ0v) is 11.9. The van der Waals surface area contributed by atoms with Crippen LogP contribution in [0.2, 0.25) is 10.0 Å². The molecule has 0 spiro atoms. The molecule has 0 aromatic heterocycles. The van der Waals surface area contributed by atoms with E-state index in [1.165, 1.54) is 30.3 Å². The smallest absolute Gasteiger partial charge is 0.271 e. The quantitative estimate of drug-likeness (QED) is 0.634. The van der Waals surface area contributed by atoms with E-state index >= 15 is 0 Å². The van der Waals surface area contributed by atoms with Crippen LogP contribution in [0.15, 0.2) is 36.4 Å². The molecule has 0 unspecified atom stereocenters. The molecule has 2 N–H and O–H groups in total. The first-order valence-electron chi connectivity index (χ1n) is 5.62. The van der Waals surface area contributed by atoms with E-state index in [1.54, 1.807) is 0 Å². The van der Waals surface area contributed by atoms with Gasteiger partial charge in [-0.3, -0.25) is 14.9 Å². The average Bonchev–Trinajstić information content (AvgIpc) is 2.43. The highest BCUT2D eigenvalue weighted by atomic mass is 35.5. The molecule has 0 saturated carbocycles. The van der Waals surface area contributed by atoms with Gasteiger partial charge >= 0.3 is 0 Å². The molecular formula is C14H12Cl2N2O4. The highest BCUT2D eigenvalue weighted by Gasteiger charge is 2.15. The fourth-order valence-corrected chi connectivity index (χ4v) is 1.99. The van der Waals surface area contributed by atoms with E-state index in [2.05, 4.69) is 5.32 Å². The predicted octanol–water partition coefficient (Wildman–Crippen LogP) is 4.50. The molecule has 0 bridgehead atoms. The summed E-state index contributed by atoms with van der Waals surface area (Å²) in [6.07, 6.45) is 0. The number of anilines is 1. The summed E-state index contributed by atoms with van der Waals surface area (Å²) < 4.78 is 0. The molecule has 0 atom stereocenters.